The van der Waals surface area contributed by atoms with Crippen molar-refractivity contribution in [2.75, 3.05) is 24.4 Å². The van der Waals surface area contributed by atoms with Crippen molar-refractivity contribution in [1.82, 2.24) is 0 Å². The summed E-state index contributed by atoms with van der Waals surface area (Å²) >= 11 is 0. The predicted molar refractivity (Wildman–Crippen MR) is 149 cm³/mol. The second-order valence-electron chi connectivity index (χ2n) is 10.3. The van der Waals surface area contributed by atoms with Gasteiger partial charge in [0.05, 0.1) is 37.1 Å². The van der Waals surface area contributed by atoms with Crippen LogP contribution in [0.3, 0.4) is 0 Å². The minimum Gasteiger partial charge on any atom is -0.497 e. The first-order valence-electron chi connectivity index (χ1n) is 13.5. The van der Waals surface area contributed by atoms with E-state index in [2.05, 4.69) is 10.6 Å². The van der Waals surface area contributed by atoms with Crippen molar-refractivity contribution in [1.29, 1.82) is 0 Å². The van der Waals surface area contributed by atoms with Gasteiger partial charge in [-0.25, -0.2) is 0 Å². The number of anilines is 2. The van der Waals surface area contributed by atoms with Crippen molar-refractivity contribution in [2.24, 2.45) is 5.92 Å². The summed E-state index contributed by atoms with van der Waals surface area (Å²) in [5.74, 6) is 1.62. The third-order valence-corrected chi connectivity index (χ3v) is 7.62. The van der Waals surface area contributed by atoms with Gasteiger partial charge in [-0.05, 0) is 79.6 Å². The summed E-state index contributed by atoms with van der Waals surface area (Å²) in [6.07, 6.45) is 2.86. The summed E-state index contributed by atoms with van der Waals surface area (Å²) < 4.78 is 16.9. The standard InChI is InChI=1S/C32H32N2O5/c1-3-38-29-18-21(12-15-28(29)39-32(36)20-8-9-20)31-30-26(33-24-6-4-5-7-25(24)34-31)16-22(17-27(30)35)19-10-13-23(37-2)14-11-19/h4-7,10-15,18,20,22,31,33-34H,3,8-9,16-17H2,1-2H3/t22-,31-/m0/s1. The highest BCUT2D eigenvalue weighted by molar-refractivity contribution is 6.01. The lowest BCUT2D eigenvalue weighted by atomic mass is 9.78. The smallest absolute Gasteiger partial charge is 0.314 e. The quantitative estimate of drug-likeness (QED) is 0.274. The highest BCUT2D eigenvalue weighted by atomic mass is 16.6. The molecule has 2 atom stereocenters. The molecule has 7 nitrogen and oxygen atoms in total. The van der Waals surface area contributed by atoms with Crippen LogP contribution in [-0.2, 0) is 9.59 Å². The number of hydrogen-bond donors (Lipinski definition) is 2. The Bertz CT molecular complexity index is 1440. The number of Topliss-reactive ketones (excluding diaryl/α,β-unsaturated/α-hetero) is 1. The number of carbonyl (C=O) groups excluding carboxylic acids is 2. The monoisotopic (exact) mass is 524 g/mol. The number of carbonyl (C=O) groups is 2. The fraction of sp³-hybridized carbons (Fsp3) is 0.312. The highest BCUT2D eigenvalue weighted by Crippen LogP contribution is 2.45. The summed E-state index contributed by atoms with van der Waals surface area (Å²) in [5.41, 5.74) is 5.45. The molecular weight excluding hydrogens is 492 g/mol. The van der Waals surface area contributed by atoms with E-state index in [1.807, 2.05) is 67.6 Å². The van der Waals surface area contributed by atoms with Crippen LogP contribution in [0.5, 0.6) is 17.2 Å². The molecule has 0 spiro atoms. The Morgan fingerprint density at radius 2 is 1.67 bits per heavy atom. The Balaban J connectivity index is 1.38. The molecule has 3 aromatic carbocycles. The Kier molecular flexibility index (Phi) is 6.73. The van der Waals surface area contributed by atoms with E-state index >= 15 is 0 Å². The molecule has 0 aromatic heterocycles. The molecule has 6 rings (SSSR count). The van der Waals surface area contributed by atoms with Crippen LogP contribution in [0.4, 0.5) is 11.4 Å². The maximum absolute atomic E-state index is 13.9. The minimum absolute atomic E-state index is 0.0172. The molecule has 0 amide bonds. The fourth-order valence-corrected chi connectivity index (χ4v) is 5.42. The maximum atomic E-state index is 13.9. The van der Waals surface area contributed by atoms with Gasteiger partial charge in [-0.3, -0.25) is 9.59 Å². The lowest BCUT2D eigenvalue weighted by Crippen LogP contribution is -2.27. The van der Waals surface area contributed by atoms with Crippen LogP contribution in [0.2, 0.25) is 0 Å². The predicted octanol–water partition coefficient (Wildman–Crippen LogP) is 6.39. The number of benzene rings is 3. The number of hydrogen-bond acceptors (Lipinski definition) is 7. The van der Waals surface area contributed by atoms with Crippen molar-refractivity contribution in [2.45, 2.75) is 44.6 Å². The number of ketones is 1. The third kappa shape index (κ3) is 5.09. The van der Waals surface area contributed by atoms with Crippen molar-refractivity contribution in [3.63, 3.8) is 0 Å². The van der Waals surface area contributed by atoms with Crippen molar-refractivity contribution in [3.8, 4) is 17.2 Å². The molecule has 7 heteroatoms. The first kappa shape index (κ1) is 25.0. The Morgan fingerprint density at radius 3 is 2.38 bits per heavy atom. The van der Waals surface area contributed by atoms with E-state index in [1.165, 1.54) is 0 Å². The van der Waals surface area contributed by atoms with Crippen LogP contribution < -0.4 is 24.8 Å². The summed E-state index contributed by atoms with van der Waals surface area (Å²) in [6.45, 7) is 2.32. The second kappa shape index (κ2) is 10.5. The Morgan fingerprint density at radius 1 is 0.923 bits per heavy atom. The Hall–Kier alpha value is -4.26. The lowest BCUT2D eigenvalue weighted by molar-refractivity contribution is -0.135. The second-order valence-corrected chi connectivity index (χ2v) is 10.3. The number of esters is 1. The SMILES string of the molecule is CCOc1cc([C@@H]2Nc3ccccc3NC3=C2C(=O)C[C@@H](c2ccc(OC)cc2)C3)ccc1OC(=O)C1CC1. The summed E-state index contributed by atoms with van der Waals surface area (Å²) in [7, 11) is 1.65. The van der Waals surface area contributed by atoms with Crippen molar-refractivity contribution >= 4 is 23.1 Å². The fourth-order valence-electron chi connectivity index (χ4n) is 5.42. The number of para-hydroxylation sites is 2. The van der Waals surface area contributed by atoms with Crippen LogP contribution >= 0.6 is 0 Å². The first-order chi connectivity index (χ1) is 19.0. The van der Waals surface area contributed by atoms with E-state index in [9.17, 15) is 9.59 Å². The number of rotatable bonds is 7. The van der Waals surface area contributed by atoms with Gasteiger partial charge in [0.1, 0.15) is 5.75 Å². The number of ether oxygens (including phenoxy) is 3. The maximum Gasteiger partial charge on any atom is 0.314 e. The molecule has 3 aromatic rings. The number of fused-ring (bicyclic) bond motifs is 1. The van der Waals surface area contributed by atoms with E-state index in [0.717, 1.165) is 52.4 Å². The van der Waals surface area contributed by atoms with Gasteiger partial charge in [0.25, 0.3) is 0 Å². The van der Waals surface area contributed by atoms with E-state index in [1.54, 1.807) is 13.2 Å². The summed E-state index contributed by atoms with van der Waals surface area (Å²) in [6, 6.07) is 21.1. The molecule has 200 valence electrons. The third-order valence-electron chi connectivity index (χ3n) is 7.62. The van der Waals surface area contributed by atoms with E-state index in [4.69, 9.17) is 14.2 Å². The number of nitrogens with one attached hydrogen (secondary N) is 2. The molecule has 2 aliphatic carbocycles. The van der Waals surface area contributed by atoms with Gasteiger partial charge >= 0.3 is 5.97 Å². The average Bonchev–Trinajstić information content (AvgIpc) is 3.81. The van der Waals surface area contributed by atoms with E-state index < -0.39 is 6.04 Å². The molecule has 3 aliphatic rings. The van der Waals surface area contributed by atoms with Crippen LogP contribution in [-0.4, -0.2) is 25.5 Å². The summed E-state index contributed by atoms with van der Waals surface area (Å²) in [5, 5.41) is 7.19. The van der Waals surface area contributed by atoms with Gasteiger partial charge in [0, 0.05) is 17.7 Å². The van der Waals surface area contributed by atoms with Crippen LogP contribution in [0, 0.1) is 5.92 Å². The van der Waals surface area contributed by atoms with Crippen molar-refractivity contribution in [3.05, 3.63) is 89.1 Å². The van der Waals surface area contributed by atoms with Crippen LogP contribution in [0.15, 0.2) is 78.0 Å². The molecule has 0 saturated heterocycles. The van der Waals surface area contributed by atoms with Gasteiger partial charge in [-0.2, -0.15) is 0 Å². The zero-order chi connectivity index (χ0) is 26.9. The molecule has 0 bridgehead atoms. The minimum atomic E-state index is -0.396. The lowest BCUT2D eigenvalue weighted by Gasteiger charge is -2.30. The number of allylic oxidation sites excluding steroid dienone is 1. The summed E-state index contributed by atoms with van der Waals surface area (Å²) in [4.78, 5) is 26.2. The van der Waals surface area contributed by atoms with Crippen molar-refractivity contribution < 1.29 is 23.8 Å². The highest BCUT2D eigenvalue weighted by Gasteiger charge is 2.37. The van der Waals surface area contributed by atoms with Gasteiger partial charge in [0.2, 0.25) is 0 Å². The van der Waals surface area contributed by atoms with Crippen LogP contribution in [0.25, 0.3) is 0 Å². The molecule has 1 fully saturated rings. The van der Waals surface area contributed by atoms with E-state index in [-0.39, 0.29) is 23.6 Å². The molecule has 0 unspecified atom stereocenters. The largest absolute Gasteiger partial charge is 0.497 e. The van der Waals surface area contributed by atoms with Gasteiger partial charge < -0.3 is 24.8 Å². The molecule has 1 heterocycles. The molecular formula is C32H32N2O5. The Labute approximate surface area is 228 Å². The normalized spacial score (nSPS) is 20.1. The van der Waals surface area contributed by atoms with Gasteiger partial charge in [-0.1, -0.05) is 30.3 Å². The first-order valence-corrected chi connectivity index (χ1v) is 13.5. The zero-order valence-electron chi connectivity index (χ0n) is 22.2. The van der Waals surface area contributed by atoms with Crippen LogP contribution in [0.1, 0.15) is 55.7 Å². The van der Waals surface area contributed by atoms with Gasteiger partial charge in [0.15, 0.2) is 17.3 Å². The molecule has 1 saturated carbocycles. The van der Waals surface area contributed by atoms with Gasteiger partial charge in [-0.15, -0.1) is 0 Å². The topological polar surface area (TPSA) is 85.9 Å². The molecule has 1 aliphatic heterocycles. The molecule has 0 radical (unpaired) electrons. The van der Waals surface area contributed by atoms with E-state index in [0.29, 0.717) is 30.9 Å². The molecule has 39 heavy (non-hydrogen) atoms. The number of methoxy groups -OCH3 is 1. The molecule has 2 N–H and O–H groups in total. The zero-order valence-corrected chi connectivity index (χ0v) is 22.2. The average molecular weight is 525 g/mol.